The van der Waals surface area contributed by atoms with E-state index in [1.807, 2.05) is 36.6 Å². The zero-order chi connectivity index (χ0) is 20.6. The lowest BCUT2D eigenvalue weighted by atomic mass is 10.1. The zero-order valence-electron chi connectivity index (χ0n) is 16.4. The van der Waals surface area contributed by atoms with Crippen LogP contribution in [0.25, 0.3) is 11.5 Å². The van der Waals surface area contributed by atoms with Gasteiger partial charge in [-0.05, 0) is 37.1 Å². The van der Waals surface area contributed by atoms with Gasteiger partial charge in [-0.25, -0.2) is 4.98 Å². The number of aromatic nitrogens is 1. The van der Waals surface area contributed by atoms with Gasteiger partial charge in [-0.1, -0.05) is 18.2 Å². The Labute approximate surface area is 173 Å². The van der Waals surface area contributed by atoms with Gasteiger partial charge in [-0.15, -0.1) is 11.3 Å². The summed E-state index contributed by atoms with van der Waals surface area (Å²) in [5.41, 5.74) is 1.65. The molecule has 1 aromatic carbocycles. The van der Waals surface area contributed by atoms with E-state index in [9.17, 15) is 9.59 Å². The molecule has 0 aliphatic heterocycles. The number of carbonyl (C=O) groups is 2. The predicted octanol–water partition coefficient (Wildman–Crippen LogP) is 4.01. The minimum atomic E-state index is -0.120. The van der Waals surface area contributed by atoms with E-state index in [1.54, 1.807) is 12.1 Å². The van der Waals surface area contributed by atoms with Crippen molar-refractivity contribution in [1.29, 1.82) is 0 Å². The summed E-state index contributed by atoms with van der Waals surface area (Å²) in [5, 5.41) is 7.85. The molecule has 0 bridgehead atoms. The molecule has 0 spiro atoms. The van der Waals surface area contributed by atoms with Crippen molar-refractivity contribution in [1.82, 2.24) is 10.3 Å². The van der Waals surface area contributed by atoms with Crippen molar-refractivity contribution in [2.45, 2.75) is 33.2 Å². The van der Waals surface area contributed by atoms with Crippen LogP contribution in [0.2, 0.25) is 0 Å². The first-order chi connectivity index (χ1) is 14.0. The highest BCUT2D eigenvalue weighted by atomic mass is 32.1. The second-order valence-corrected chi connectivity index (χ2v) is 7.16. The Morgan fingerprint density at radius 1 is 1.21 bits per heavy atom. The maximum atomic E-state index is 12.3. The highest BCUT2D eigenvalue weighted by Crippen LogP contribution is 2.27. The number of thiazole rings is 1. The molecule has 2 heterocycles. The van der Waals surface area contributed by atoms with Crippen LogP contribution in [-0.4, -0.2) is 23.4 Å². The third kappa shape index (κ3) is 5.92. The van der Waals surface area contributed by atoms with Crippen molar-refractivity contribution in [3.63, 3.8) is 0 Å². The molecule has 8 heteroatoms. The summed E-state index contributed by atoms with van der Waals surface area (Å²) >= 11 is 1.34. The Morgan fingerprint density at radius 3 is 2.83 bits per heavy atom. The molecule has 2 aromatic heterocycles. The van der Waals surface area contributed by atoms with Crippen LogP contribution in [0.5, 0.6) is 5.75 Å². The fourth-order valence-electron chi connectivity index (χ4n) is 2.70. The Morgan fingerprint density at radius 2 is 2.03 bits per heavy atom. The Hall–Kier alpha value is -3.13. The van der Waals surface area contributed by atoms with Crippen LogP contribution in [-0.2, 0) is 22.6 Å². The zero-order valence-corrected chi connectivity index (χ0v) is 17.2. The molecule has 0 aliphatic carbocycles. The Bertz CT molecular complexity index is 980. The standard InChI is InChI=1S/C21H23N3O4S/c1-3-27-18-7-5-4-6-15(18)8-11-20(26)24-21-23-17(13-29-21)19-10-9-16(28-19)12-22-14(2)25/h4-7,9-10,13H,3,8,11-12H2,1-2H3,(H,22,25)(H,23,24,26). The molecule has 29 heavy (non-hydrogen) atoms. The topological polar surface area (TPSA) is 93.5 Å². The molecule has 2 amide bonds. The van der Waals surface area contributed by atoms with Gasteiger partial charge < -0.3 is 19.8 Å². The molecule has 7 nitrogen and oxygen atoms in total. The third-order valence-electron chi connectivity index (χ3n) is 4.07. The molecular weight excluding hydrogens is 390 g/mol. The Kier molecular flexibility index (Phi) is 7.02. The van der Waals surface area contributed by atoms with Crippen LogP contribution in [0.3, 0.4) is 0 Å². The third-order valence-corrected chi connectivity index (χ3v) is 4.83. The summed E-state index contributed by atoms with van der Waals surface area (Å²) in [5.74, 6) is 1.81. The van der Waals surface area contributed by atoms with Gasteiger partial charge in [0.1, 0.15) is 17.2 Å². The smallest absolute Gasteiger partial charge is 0.226 e. The van der Waals surface area contributed by atoms with Crippen LogP contribution >= 0.6 is 11.3 Å². The quantitative estimate of drug-likeness (QED) is 0.553. The maximum Gasteiger partial charge on any atom is 0.226 e. The highest BCUT2D eigenvalue weighted by molar-refractivity contribution is 7.14. The van der Waals surface area contributed by atoms with E-state index in [2.05, 4.69) is 15.6 Å². The normalized spacial score (nSPS) is 10.6. The molecular formula is C21H23N3O4S. The maximum absolute atomic E-state index is 12.3. The van der Waals surface area contributed by atoms with Crippen LogP contribution in [0.15, 0.2) is 46.2 Å². The monoisotopic (exact) mass is 413 g/mol. The summed E-state index contributed by atoms with van der Waals surface area (Å²) in [7, 11) is 0. The largest absolute Gasteiger partial charge is 0.494 e. The summed E-state index contributed by atoms with van der Waals surface area (Å²) in [6, 6.07) is 11.3. The van der Waals surface area contributed by atoms with Crippen molar-refractivity contribution in [2.24, 2.45) is 0 Å². The second kappa shape index (κ2) is 9.88. The lowest BCUT2D eigenvalue weighted by molar-refractivity contribution is -0.119. The minimum absolute atomic E-state index is 0.108. The number of nitrogens with one attached hydrogen (secondary N) is 2. The number of hydrogen-bond acceptors (Lipinski definition) is 6. The number of hydrogen-bond donors (Lipinski definition) is 2. The van der Waals surface area contributed by atoms with E-state index in [4.69, 9.17) is 9.15 Å². The molecule has 152 valence electrons. The molecule has 0 atom stereocenters. The number of para-hydroxylation sites is 1. The first-order valence-electron chi connectivity index (χ1n) is 9.34. The minimum Gasteiger partial charge on any atom is -0.494 e. The SMILES string of the molecule is CCOc1ccccc1CCC(=O)Nc1nc(-c2ccc(CNC(C)=O)o2)cs1. The van der Waals surface area contributed by atoms with Gasteiger partial charge in [0, 0.05) is 18.7 Å². The van der Waals surface area contributed by atoms with E-state index >= 15 is 0 Å². The van der Waals surface area contributed by atoms with Gasteiger partial charge in [0.2, 0.25) is 11.8 Å². The molecule has 3 rings (SSSR count). The van der Waals surface area contributed by atoms with Gasteiger partial charge in [0.15, 0.2) is 10.9 Å². The summed E-state index contributed by atoms with van der Waals surface area (Å²) < 4.78 is 11.3. The number of aryl methyl sites for hydroxylation is 1. The number of amides is 2. The molecule has 0 radical (unpaired) electrons. The van der Waals surface area contributed by atoms with Crippen molar-refractivity contribution in [3.05, 3.63) is 53.1 Å². The van der Waals surface area contributed by atoms with Crippen LogP contribution in [0.1, 0.15) is 31.6 Å². The number of nitrogens with zero attached hydrogens (tertiary/aromatic N) is 1. The highest BCUT2D eigenvalue weighted by Gasteiger charge is 2.12. The van der Waals surface area contributed by atoms with E-state index in [0.717, 1.165) is 11.3 Å². The molecule has 0 fully saturated rings. The summed E-state index contributed by atoms with van der Waals surface area (Å²) in [6.07, 6.45) is 0.922. The van der Waals surface area contributed by atoms with Gasteiger partial charge in [0.05, 0.1) is 13.2 Å². The lowest BCUT2D eigenvalue weighted by Gasteiger charge is -2.09. The van der Waals surface area contributed by atoms with Crippen molar-refractivity contribution in [3.8, 4) is 17.2 Å². The second-order valence-electron chi connectivity index (χ2n) is 6.30. The average molecular weight is 413 g/mol. The van der Waals surface area contributed by atoms with Gasteiger partial charge >= 0.3 is 0 Å². The number of rotatable bonds is 9. The van der Waals surface area contributed by atoms with Crippen molar-refractivity contribution in [2.75, 3.05) is 11.9 Å². The molecule has 0 unspecified atom stereocenters. The van der Waals surface area contributed by atoms with Crippen LogP contribution in [0.4, 0.5) is 5.13 Å². The van der Waals surface area contributed by atoms with E-state index in [0.29, 0.717) is 48.3 Å². The van der Waals surface area contributed by atoms with E-state index in [1.165, 1.54) is 18.3 Å². The van der Waals surface area contributed by atoms with Crippen LogP contribution in [0, 0.1) is 0 Å². The predicted molar refractivity (Wildman–Crippen MR) is 112 cm³/mol. The summed E-state index contributed by atoms with van der Waals surface area (Å²) in [6.45, 7) is 4.30. The fraction of sp³-hybridized carbons (Fsp3) is 0.286. The number of benzene rings is 1. The number of carbonyl (C=O) groups excluding carboxylic acids is 2. The fourth-order valence-corrected chi connectivity index (χ4v) is 3.42. The van der Waals surface area contributed by atoms with Gasteiger partial charge in [-0.2, -0.15) is 0 Å². The number of furan rings is 1. The lowest BCUT2D eigenvalue weighted by Crippen LogP contribution is -2.18. The number of ether oxygens (including phenoxy) is 1. The first kappa shape index (κ1) is 20.6. The summed E-state index contributed by atoms with van der Waals surface area (Å²) in [4.78, 5) is 27.7. The van der Waals surface area contributed by atoms with Crippen LogP contribution < -0.4 is 15.4 Å². The van der Waals surface area contributed by atoms with E-state index in [-0.39, 0.29) is 11.8 Å². The molecule has 0 aliphatic rings. The average Bonchev–Trinajstić information content (AvgIpc) is 3.35. The molecule has 0 saturated carbocycles. The van der Waals surface area contributed by atoms with Gasteiger partial charge in [0.25, 0.3) is 0 Å². The molecule has 0 saturated heterocycles. The Balaban J connectivity index is 1.55. The first-order valence-corrected chi connectivity index (χ1v) is 10.2. The molecule has 2 N–H and O–H groups in total. The molecule has 3 aromatic rings. The van der Waals surface area contributed by atoms with Crippen molar-refractivity contribution < 1.29 is 18.7 Å². The van der Waals surface area contributed by atoms with Gasteiger partial charge in [-0.3, -0.25) is 9.59 Å². The van der Waals surface area contributed by atoms with E-state index < -0.39 is 0 Å². The number of anilines is 1. The van der Waals surface area contributed by atoms with Crippen molar-refractivity contribution >= 4 is 28.3 Å².